The first-order valence-corrected chi connectivity index (χ1v) is 8.18. The standard InChI is InChI=1S/C13H18ClN3OS/c14-7-13(18)17-5-3-16(4-6-17)8-12-15-11(9-19-12)10-1-2-10/h9-10H,1-8H2. The summed E-state index contributed by atoms with van der Waals surface area (Å²) in [6.07, 6.45) is 2.62. The highest BCUT2D eigenvalue weighted by atomic mass is 35.5. The Labute approximate surface area is 122 Å². The third kappa shape index (κ3) is 3.27. The van der Waals surface area contributed by atoms with Crippen molar-refractivity contribution < 1.29 is 4.79 Å². The molecule has 0 atom stereocenters. The van der Waals surface area contributed by atoms with E-state index in [-0.39, 0.29) is 11.8 Å². The van der Waals surface area contributed by atoms with Gasteiger partial charge in [0.25, 0.3) is 0 Å². The van der Waals surface area contributed by atoms with Crippen molar-refractivity contribution in [3.8, 4) is 0 Å². The van der Waals surface area contributed by atoms with Crippen LogP contribution in [0.25, 0.3) is 0 Å². The number of alkyl halides is 1. The van der Waals surface area contributed by atoms with Crippen LogP contribution in [-0.4, -0.2) is 52.8 Å². The van der Waals surface area contributed by atoms with Crippen LogP contribution in [-0.2, 0) is 11.3 Å². The molecule has 19 heavy (non-hydrogen) atoms. The molecule has 0 aromatic carbocycles. The number of thiazole rings is 1. The highest BCUT2D eigenvalue weighted by Crippen LogP contribution is 2.40. The number of nitrogens with zero attached hydrogens (tertiary/aromatic N) is 3. The molecule has 104 valence electrons. The van der Waals surface area contributed by atoms with Crippen LogP contribution in [0.1, 0.15) is 29.5 Å². The summed E-state index contributed by atoms with van der Waals surface area (Å²) in [6, 6.07) is 0. The fraction of sp³-hybridized carbons (Fsp3) is 0.692. The average molecular weight is 300 g/mol. The van der Waals surface area contributed by atoms with Gasteiger partial charge in [-0.25, -0.2) is 4.98 Å². The summed E-state index contributed by atoms with van der Waals surface area (Å²) in [4.78, 5) is 20.4. The Hall–Kier alpha value is -0.650. The summed E-state index contributed by atoms with van der Waals surface area (Å²) in [5.74, 6) is 0.881. The van der Waals surface area contributed by atoms with Gasteiger partial charge in [-0.1, -0.05) is 0 Å². The predicted octanol–water partition coefficient (Wildman–Crippen LogP) is 1.90. The van der Waals surface area contributed by atoms with E-state index in [4.69, 9.17) is 16.6 Å². The molecule has 1 saturated heterocycles. The molecule has 2 heterocycles. The Bertz CT molecular complexity index is 452. The number of hydrogen-bond acceptors (Lipinski definition) is 4. The molecule has 1 aromatic rings. The molecule has 0 N–H and O–H groups in total. The molecule has 1 aliphatic carbocycles. The van der Waals surface area contributed by atoms with Gasteiger partial charge in [-0.15, -0.1) is 22.9 Å². The van der Waals surface area contributed by atoms with Crippen molar-refractivity contribution >= 4 is 28.8 Å². The molecular weight excluding hydrogens is 282 g/mol. The maximum absolute atomic E-state index is 11.5. The second kappa shape index (κ2) is 5.77. The minimum atomic E-state index is 0.0478. The molecule has 0 bridgehead atoms. The smallest absolute Gasteiger partial charge is 0.237 e. The molecule has 1 amide bonds. The quantitative estimate of drug-likeness (QED) is 0.797. The molecule has 6 heteroatoms. The van der Waals surface area contributed by atoms with Crippen LogP contribution in [0, 0.1) is 0 Å². The molecule has 2 aliphatic rings. The summed E-state index contributed by atoms with van der Waals surface area (Å²) < 4.78 is 0. The third-order valence-electron chi connectivity index (χ3n) is 3.76. The molecule has 4 nitrogen and oxygen atoms in total. The molecule has 0 spiro atoms. The molecular formula is C13H18ClN3OS. The summed E-state index contributed by atoms with van der Waals surface area (Å²) in [5.41, 5.74) is 1.29. The first-order valence-electron chi connectivity index (χ1n) is 6.76. The van der Waals surface area contributed by atoms with Crippen LogP contribution in [0.5, 0.6) is 0 Å². The Morgan fingerprint density at radius 3 is 2.74 bits per heavy atom. The first kappa shape index (κ1) is 13.3. The van der Waals surface area contributed by atoms with Gasteiger partial charge in [0, 0.05) is 37.5 Å². The van der Waals surface area contributed by atoms with E-state index in [0.717, 1.165) is 38.6 Å². The van der Waals surface area contributed by atoms with Gasteiger partial charge >= 0.3 is 0 Å². The topological polar surface area (TPSA) is 36.4 Å². The van der Waals surface area contributed by atoms with E-state index in [0.29, 0.717) is 0 Å². The first-order chi connectivity index (χ1) is 9.26. The zero-order valence-corrected chi connectivity index (χ0v) is 12.4. The molecule has 3 rings (SSSR count). The van der Waals surface area contributed by atoms with Crippen LogP contribution in [0.2, 0.25) is 0 Å². The molecule has 1 saturated carbocycles. The Balaban J connectivity index is 1.49. The Morgan fingerprint density at radius 2 is 2.11 bits per heavy atom. The van der Waals surface area contributed by atoms with Gasteiger partial charge in [0.2, 0.25) is 5.91 Å². The van der Waals surface area contributed by atoms with Gasteiger partial charge in [0.1, 0.15) is 10.9 Å². The summed E-state index contributed by atoms with van der Waals surface area (Å²) in [6.45, 7) is 4.32. The Morgan fingerprint density at radius 1 is 1.37 bits per heavy atom. The summed E-state index contributed by atoms with van der Waals surface area (Å²) in [5, 5.41) is 3.42. The zero-order chi connectivity index (χ0) is 13.2. The van der Waals surface area contributed by atoms with Gasteiger partial charge < -0.3 is 4.90 Å². The van der Waals surface area contributed by atoms with Gasteiger partial charge in [-0.3, -0.25) is 9.69 Å². The highest BCUT2D eigenvalue weighted by Gasteiger charge is 2.26. The van der Waals surface area contributed by atoms with E-state index >= 15 is 0 Å². The van der Waals surface area contributed by atoms with Crippen molar-refractivity contribution in [2.75, 3.05) is 32.1 Å². The number of rotatable bonds is 4. The number of carbonyl (C=O) groups is 1. The molecule has 1 aromatic heterocycles. The summed E-state index contributed by atoms with van der Waals surface area (Å²) >= 11 is 7.35. The molecule has 2 fully saturated rings. The SMILES string of the molecule is O=C(CCl)N1CCN(Cc2nc(C3CC3)cs2)CC1. The number of halogens is 1. The lowest BCUT2D eigenvalue weighted by atomic mass is 10.3. The van der Waals surface area contributed by atoms with Crippen molar-refractivity contribution in [3.63, 3.8) is 0 Å². The zero-order valence-electron chi connectivity index (χ0n) is 10.8. The Kier molecular flexibility index (Phi) is 4.05. The number of hydrogen-bond donors (Lipinski definition) is 0. The minimum absolute atomic E-state index is 0.0478. The molecule has 1 aliphatic heterocycles. The number of piperazine rings is 1. The fourth-order valence-electron chi connectivity index (χ4n) is 2.40. The maximum Gasteiger partial charge on any atom is 0.237 e. The van der Waals surface area contributed by atoms with Gasteiger partial charge in [0.05, 0.1) is 12.2 Å². The van der Waals surface area contributed by atoms with Crippen LogP contribution in [0.15, 0.2) is 5.38 Å². The van der Waals surface area contributed by atoms with Crippen molar-refractivity contribution in [2.45, 2.75) is 25.3 Å². The second-order valence-electron chi connectivity index (χ2n) is 5.23. The van der Waals surface area contributed by atoms with Crippen molar-refractivity contribution in [1.29, 1.82) is 0 Å². The highest BCUT2D eigenvalue weighted by molar-refractivity contribution is 7.09. The van der Waals surface area contributed by atoms with E-state index in [9.17, 15) is 4.79 Å². The van der Waals surface area contributed by atoms with Crippen LogP contribution >= 0.6 is 22.9 Å². The van der Waals surface area contributed by atoms with Gasteiger partial charge in [0.15, 0.2) is 0 Å². The largest absolute Gasteiger partial charge is 0.339 e. The molecule has 0 unspecified atom stereocenters. The normalized spacial score (nSPS) is 20.8. The predicted molar refractivity (Wildman–Crippen MR) is 76.7 cm³/mol. The van der Waals surface area contributed by atoms with Crippen LogP contribution in [0.3, 0.4) is 0 Å². The van der Waals surface area contributed by atoms with Gasteiger partial charge in [-0.2, -0.15) is 0 Å². The molecule has 0 radical (unpaired) electrons. The average Bonchev–Trinajstić information content (AvgIpc) is 3.20. The van der Waals surface area contributed by atoms with Crippen molar-refractivity contribution in [1.82, 2.24) is 14.8 Å². The summed E-state index contributed by atoms with van der Waals surface area (Å²) in [7, 11) is 0. The second-order valence-corrected chi connectivity index (χ2v) is 6.44. The maximum atomic E-state index is 11.5. The van der Waals surface area contributed by atoms with E-state index < -0.39 is 0 Å². The van der Waals surface area contributed by atoms with Crippen molar-refractivity contribution in [3.05, 3.63) is 16.1 Å². The van der Waals surface area contributed by atoms with Gasteiger partial charge in [-0.05, 0) is 12.8 Å². The minimum Gasteiger partial charge on any atom is -0.339 e. The lowest BCUT2D eigenvalue weighted by Crippen LogP contribution is -2.48. The van der Waals surface area contributed by atoms with Crippen LogP contribution in [0.4, 0.5) is 0 Å². The monoisotopic (exact) mass is 299 g/mol. The van der Waals surface area contributed by atoms with Crippen molar-refractivity contribution in [2.24, 2.45) is 0 Å². The van der Waals surface area contributed by atoms with E-state index in [1.165, 1.54) is 23.5 Å². The van der Waals surface area contributed by atoms with E-state index in [1.807, 2.05) is 4.90 Å². The number of amides is 1. The van der Waals surface area contributed by atoms with E-state index in [1.54, 1.807) is 11.3 Å². The third-order valence-corrected chi connectivity index (χ3v) is 4.84. The van der Waals surface area contributed by atoms with E-state index in [2.05, 4.69) is 10.3 Å². The number of carbonyl (C=O) groups excluding carboxylic acids is 1. The lowest BCUT2D eigenvalue weighted by Gasteiger charge is -2.33. The lowest BCUT2D eigenvalue weighted by molar-refractivity contribution is -0.130. The number of aromatic nitrogens is 1. The fourth-order valence-corrected chi connectivity index (χ4v) is 3.48. The van der Waals surface area contributed by atoms with Crippen LogP contribution < -0.4 is 0 Å².